The molecule has 3 aromatic rings. The first kappa shape index (κ1) is 14.8. The lowest BCUT2D eigenvalue weighted by Crippen LogP contribution is -2.11. The van der Waals surface area contributed by atoms with Crippen molar-refractivity contribution in [3.05, 3.63) is 83.4 Å². The Morgan fingerprint density at radius 2 is 1.48 bits per heavy atom. The number of benzene rings is 3. The van der Waals surface area contributed by atoms with Gasteiger partial charge in [-0.1, -0.05) is 54.6 Å². The van der Waals surface area contributed by atoms with Crippen LogP contribution in [0.1, 0.15) is 26.3 Å². The van der Waals surface area contributed by atoms with Crippen LogP contribution in [0.2, 0.25) is 0 Å². The molecule has 0 saturated heterocycles. The van der Waals surface area contributed by atoms with Gasteiger partial charge in [0.2, 0.25) is 0 Å². The molecule has 3 aromatic carbocycles. The number of aromatic carboxylic acids is 1. The van der Waals surface area contributed by atoms with Gasteiger partial charge in [0.15, 0.2) is 0 Å². The summed E-state index contributed by atoms with van der Waals surface area (Å²) in [6.45, 7) is 0.0914. The number of ether oxygens (including phenoxy) is 1. The maximum Gasteiger partial charge on any atom is 0.339 e. The number of hydrogen-bond donors (Lipinski definition) is 1. The van der Waals surface area contributed by atoms with E-state index in [0.29, 0.717) is 0 Å². The van der Waals surface area contributed by atoms with Crippen molar-refractivity contribution in [1.29, 1.82) is 0 Å². The van der Waals surface area contributed by atoms with Crippen molar-refractivity contribution in [2.24, 2.45) is 0 Å². The molecule has 0 aliphatic rings. The lowest BCUT2D eigenvalue weighted by molar-refractivity contribution is 0.0465. The predicted molar refractivity (Wildman–Crippen MR) is 86.5 cm³/mol. The molecule has 23 heavy (non-hydrogen) atoms. The van der Waals surface area contributed by atoms with E-state index in [-0.39, 0.29) is 17.7 Å². The molecule has 0 aliphatic carbocycles. The van der Waals surface area contributed by atoms with E-state index < -0.39 is 11.9 Å². The van der Waals surface area contributed by atoms with Crippen molar-refractivity contribution >= 4 is 22.7 Å². The fourth-order valence-corrected chi connectivity index (χ4v) is 2.49. The number of carboxylic acid groups (broad SMARTS) is 1. The van der Waals surface area contributed by atoms with Crippen LogP contribution < -0.4 is 0 Å². The maximum atomic E-state index is 12.2. The van der Waals surface area contributed by atoms with Crippen LogP contribution in [-0.2, 0) is 11.3 Å². The highest BCUT2D eigenvalue weighted by atomic mass is 16.5. The van der Waals surface area contributed by atoms with E-state index in [4.69, 9.17) is 9.84 Å². The monoisotopic (exact) mass is 306 g/mol. The molecular formula is C19H14O4. The van der Waals surface area contributed by atoms with Gasteiger partial charge in [-0.2, -0.15) is 0 Å². The molecule has 0 spiro atoms. The quantitative estimate of drug-likeness (QED) is 0.743. The molecule has 4 nitrogen and oxygen atoms in total. The van der Waals surface area contributed by atoms with Crippen LogP contribution in [-0.4, -0.2) is 17.0 Å². The molecule has 0 aliphatic heterocycles. The van der Waals surface area contributed by atoms with Gasteiger partial charge in [0.25, 0.3) is 0 Å². The highest BCUT2D eigenvalue weighted by Crippen LogP contribution is 2.20. The van der Waals surface area contributed by atoms with Crippen molar-refractivity contribution in [3.8, 4) is 0 Å². The van der Waals surface area contributed by atoms with Crippen LogP contribution in [0.4, 0.5) is 0 Å². The average molecular weight is 306 g/mol. The summed E-state index contributed by atoms with van der Waals surface area (Å²) in [5.41, 5.74) is 0.875. The molecule has 0 radical (unpaired) electrons. The Balaban J connectivity index is 1.83. The van der Waals surface area contributed by atoms with Crippen LogP contribution in [0.3, 0.4) is 0 Å². The lowest BCUT2D eigenvalue weighted by atomic mass is 10.1. The Morgan fingerprint density at radius 3 is 2.26 bits per heavy atom. The summed E-state index contributed by atoms with van der Waals surface area (Å²) in [6.07, 6.45) is 0. The summed E-state index contributed by atoms with van der Waals surface area (Å²) < 4.78 is 5.31. The average Bonchev–Trinajstić information content (AvgIpc) is 2.59. The van der Waals surface area contributed by atoms with Crippen LogP contribution >= 0.6 is 0 Å². The first-order chi connectivity index (χ1) is 11.2. The third-order valence-electron chi connectivity index (χ3n) is 3.62. The Labute approximate surface area is 132 Å². The van der Waals surface area contributed by atoms with E-state index in [1.807, 2.05) is 42.5 Å². The largest absolute Gasteiger partial charge is 0.478 e. The predicted octanol–water partition coefficient (Wildman–Crippen LogP) is 3.90. The fraction of sp³-hybridized carbons (Fsp3) is 0.0526. The van der Waals surface area contributed by atoms with Gasteiger partial charge in [0.1, 0.15) is 6.61 Å². The zero-order chi connectivity index (χ0) is 16.2. The lowest BCUT2D eigenvalue weighted by Gasteiger charge is -2.09. The maximum absolute atomic E-state index is 12.2. The highest BCUT2D eigenvalue weighted by molar-refractivity contribution is 6.02. The molecule has 0 fully saturated rings. The second kappa shape index (κ2) is 6.32. The van der Waals surface area contributed by atoms with Crippen LogP contribution in [0, 0.1) is 0 Å². The minimum Gasteiger partial charge on any atom is -0.478 e. The third-order valence-corrected chi connectivity index (χ3v) is 3.62. The summed E-state index contributed by atoms with van der Waals surface area (Å²) in [6, 6.07) is 19.6. The van der Waals surface area contributed by atoms with Gasteiger partial charge in [-0.25, -0.2) is 9.59 Å². The highest BCUT2D eigenvalue weighted by Gasteiger charge is 2.17. The van der Waals surface area contributed by atoms with Crippen LogP contribution in [0.15, 0.2) is 66.7 Å². The van der Waals surface area contributed by atoms with Gasteiger partial charge >= 0.3 is 11.9 Å². The molecule has 1 N–H and O–H groups in total. The number of carboxylic acids is 1. The van der Waals surface area contributed by atoms with Crippen molar-refractivity contribution in [2.45, 2.75) is 6.61 Å². The van der Waals surface area contributed by atoms with Gasteiger partial charge < -0.3 is 9.84 Å². The summed E-state index contributed by atoms with van der Waals surface area (Å²) in [5.74, 6) is -1.79. The van der Waals surface area contributed by atoms with Crippen LogP contribution in [0.5, 0.6) is 0 Å². The topological polar surface area (TPSA) is 63.6 Å². The molecule has 0 aromatic heterocycles. The van der Waals surface area contributed by atoms with E-state index in [2.05, 4.69) is 0 Å². The Morgan fingerprint density at radius 1 is 0.826 bits per heavy atom. The van der Waals surface area contributed by atoms with E-state index in [1.165, 1.54) is 12.1 Å². The van der Waals surface area contributed by atoms with E-state index in [0.717, 1.165) is 16.3 Å². The summed E-state index contributed by atoms with van der Waals surface area (Å²) in [4.78, 5) is 23.4. The molecule has 0 heterocycles. The zero-order valence-corrected chi connectivity index (χ0v) is 12.2. The molecule has 0 bridgehead atoms. The van der Waals surface area contributed by atoms with E-state index >= 15 is 0 Å². The van der Waals surface area contributed by atoms with Gasteiger partial charge in [-0.15, -0.1) is 0 Å². The number of fused-ring (bicyclic) bond motifs is 1. The summed E-state index contributed by atoms with van der Waals surface area (Å²) in [7, 11) is 0. The van der Waals surface area contributed by atoms with Gasteiger partial charge in [0, 0.05) is 0 Å². The third kappa shape index (κ3) is 3.06. The van der Waals surface area contributed by atoms with Crippen molar-refractivity contribution in [3.63, 3.8) is 0 Å². The van der Waals surface area contributed by atoms with Crippen molar-refractivity contribution < 1.29 is 19.4 Å². The number of carbonyl (C=O) groups excluding carboxylic acids is 1. The summed E-state index contributed by atoms with van der Waals surface area (Å²) >= 11 is 0. The Bertz CT molecular complexity index is 878. The second-order valence-corrected chi connectivity index (χ2v) is 5.07. The normalized spacial score (nSPS) is 10.4. The van der Waals surface area contributed by atoms with E-state index in [9.17, 15) is 9.59 Å². The molecule has 0 saturated carbocycles. The van der Waals surface area contributed by atoms with Crippen molar-refractivity contribution in [1.82, 2.24) is 0 Å². The molecular weight excluding hydrogens is 292 g/mol. The minimum absolute atomic E-state index is 0.0558. The SMILES string of the molecule is O=C(O)c1ccccc1C(=O)OCc1cccc2ccccc12. The standard InChI is InChI=1S/C19H14O4/c20-18(21)16-10-3-4-11-17(16)19(22)23-12-14-8-5-7-13-6-1-2-9-15(13)14/h1-11H,12H2,(H,20,21). The summed E-state index contributed by atoms with van der Waals surface area (Å²) in [5, 5.41) is 11.2. The number of carbonyl (C=O) groups is 2. The first-order valence-corrected chi connectivity index (χ1v) is 7.13. The van der Waals surface area contributed by atoms with Gasteiger partial charge in [0.05, 0.1) is 11.1 Å². The molecule has 0 amide bonds. The van der Waals surface area contributed by atoms with E-state index in [1.54, 1.807) is 12.1 Å². The van der Waals surface area contributed by atoms with Crippen LogP contribution in [0.25, 0.3) is 10.8 Å². The van der Waals surface area contributed by atoms with Gasteiger partial charge in [-0.05, 0) is 28.5 Å². The minimum atomic E-state index is -1.15. The molecule has 114 valence electrons. The number of rotatable bonds is 4. The number of hydrogen-bond acceptors (Lipinski definition) is 3. The Kier molecular flexibility index (Phi) is 4.06. The van der Waals surface area contributed by atoms with Gasteiger partial charge in [-0.3, -0.25) is 0 Å². The molecule has 3 rings (SSSR count). The Hall–Kier alpha value is -3.14. The smallest absolute Gasteiger partial charge is 0.339 e. The molecule has 0 unspecified atom stereocenters. The zero-order valence-electron chi connectivity index (χ0n) is 12.2. The fourth-order valence-electron chi connectivity index (χ4n) is 2.49. The van der Waals surface area contributed by atoms with Crippen molar-refractivity contribution in [2.75, 3.05) is 0 Å². The molecule has 0 atom stereocenters. The second-order valence-electron chi connectivity index (χ2n) is 5.07. The molecule has 4 heteroatoms. The number of esters is 1. The first-order valence-electron chi connectivity index (χ1n) is 7.13.